The Labute approximate surface area is 147 Å². The molecule has 2 aromatic carbocycles. The lowest BCUT2D eigenvalue weighted by molar-refractivity contribution is 0.0206. The molecule has 1 fully saturated rings. The van der Waals surface area contributed by atoms with Gasteiger partial charge in [-0.3, -0.25) is 4.90 Å². The number of rotatable bonds is 2. The summed E-state index contributed by atoms with van der Waals surface area (Å²) in [7, 11) is 0. The van der Waals surface area contributed by atoms with Gasteiger partial charge in [-0.1, -0.05) is 12.1 Å². The Morgan fingerprint density at radius 2 is 2.00 bits per heavy atom. The van der Waals surface area contributed by atoms with Gasteiger partial charge < -0.3 is 15.2 Å². The van der Waals surface area contributed by atoms with E-state index in [4.69, 9.17) is 20.5 Å². The van der Waals surface area contributed by atoms with E-state index < -0.39 is 30.1 Å². The fourth-order valence-electron chi connectivity index (χ4n) is 3.19. The number of nitriles is 1. The fourth-order valence-corrected chi connectivity index (χ4v) is 3.19. The molecule has 132 valence electrons. The molecular weight excluding hydrogens is 344 g/mol. The van der Waals surface area contributed by atoms with Crippen molar-refractivity contribution < 1.29 is 23.0 Å². The summed E-state index contributed by atoms with van der Waals surface area (Å²) < 4.78 is 40.3. The molecule has 6 nitrogen and oxygen atoms in total. The summed E-state index contributed by atoms with van der Waals surface area (Å²) >= 11 is 0. The zero-order chi connectivity index (χ0) is 18.4. The van der Waals surface area contributed by atoms with E-state index in [0.29, 0.717) is 5.56 Å². The molecule has 26 heavy (non-hydrogen) atoms. The number of carbonyl (C=O) groups is 1. The molecule has 0 aromatic heterocycles. The smallest absolute Gasteiger partial charge is 0.413 e. The first kappa shape index (κ1) is 16.3. The average molecular weight is 357 g/mol. The number of carbonyl (C=O) groups excluding carboxylic acids is 1. The Hall–Kier alpha value is -3.18. The molecule has 4 rings (SSSR count). The van der Waals surface area contributed by atoms with Crippen molar-refractivity contribution >= 4 is 6.09 Å². The molecule has 0 spiro atoms. The first-order valence-corrected chi connectivity index (χ1v) is 7.89. The van der Waals surface area contributed by atoms with Crippen LogP contribution in [0.4, 0.5) is 13.6 Å². The van der Waals surface area contributed by atoms with Crippen molar-refractivity contribution in [3.63, 3.8) is 0 Å². The maximum absolute atomic E-state index is 15.1. The van der Waals surface area contributed by atoms with E-state index in [-0.39, 0.29) is 35.5 Å². The van der Waals surface area contributed by atoms with Gasteiger partial charge in [-0.2, -0.15) is 5.26 Å². The summed E-state index contributed by atoms with van der Waals surface area (Å²) in [5.41, 5.74) is 6.05. The summed E-state index contributed by atoms with van der Waals surface area (Å²) in [4.78, 5) is 13.2. The highest BCUT2D eigenvalue weighted by Crippen LogP contribution is 2.40. The van der Waals surface area contributed by atoms with Crippen molar-refractivity contribution in [1.82, 2.24) is 4.90 Å². The minimum atomic E-state index is -0.813. The molecule has 0 radical (unpaired) electrons. The number of nitrogens with zero attached hydrogens (tertiary/aromatic N) is 2. The summed E-state index contributed by atoms with van der Waals surface area (Å²) in [5, 5.41) is 8.85. The highest BCUT2D eigenvalue weighted by Gasteiger charge is 2.46. The SMILES string of the molecule is N#Cc1ccc(-c2c(F)cc3c(c2F)CN2C(=O)O[C@@H](CN)[C@@H]2O3)cc1. The Kier molecular flexibility index (Phi) is 3.74. The lowest BCUT2D eigenvalue weighted by Gasteiger charge is -2.32. The monoisotopic (exact) mass is 357 g/mol. The highest BCUT2D eigenvalue weighted by molar-refractivity contribution is 5.73. The predicted octanol–water partition coefficient (Wildman–Crippen LogP) is 2.50. The lowest BCUT2D eigenvalue weighted by atomic mass is 9.98. The molecule has 2 aromatic rings. The molecule has 2 aliphatic heterocycles. The van der Waals surface area contributed by atoms with E-state index in [2.05, 4.69) is 0 Å². The van der Waals surface area contributed by atoms with Gasteiger partial charge in [0.25, 0.3) is 0 Å². The number of ether oxygens (including phenoxy) is 2. The number of fused-ring (bicyclic) bond motifs is 2. The number of hydrogen-bond donors (Lipinski definition) is 1. The maximum Gasteiger partial charge on any atom is 0.413 e. The van der Waals surface area contributed by atoms with Crippen LogP contribution in [0.15, 0.2) is 30.3 Å². The van der Waals surface area contributed by atoms with E-state index in [0.717, 1.165) is 6.07 Å². The van der Waals surface area contributed by atoms with Crippen molar-refractivity contribution in [3.05, 3.63) is 53.1 Å². The van der Waals surface area contributed by atoms with Crippen molar-refractivity contribution in [2.45, 2.75) is 18.9 Å². The van der Waals surface area contributed by atoms with Crippen LogP contribution in [-0.2, 0) is 11.3 Å². The molecule has 0 aliphatic carbocycles. The zero-order valence-corrected chi connectivity index (χ0v) is 13.4. The van der Waals surface area contributed by atoms with E-state index in [1.807, 2.05) is 6.07 Å². The number of nitrogens with two attached hydrogens (primary N) is 1. The van der Waals surface area contributed by atoms with Gasteiger partial charge in [0.1, 0.15) is 17.4 Å². The molecule has 1 saturated heterocycles. The number of halogens is 2. The molecule has 2 N–H and O–H groups in total. The van der Waals surface area contributed by atoms with Crippen LogP contribution in [0.1, 0.15) is 11.1 Å². The Morgan fingerprint density at radius 1 is 1.27 bits per heavy atom. The van der Waals surface area contributed by atoms with Gasteiger partial charge >= 0.3 is 6.09 Å². The van der Waals surface area contributed by atoms with E-state index in [1.165, 1.54) is 29.2 Å². The van der Waals surface area contributed by atoms with Crippen molar-refractivity contribution in [1.29, 1.82) is 5.26 Å². The van der Waals surface area contributed by atoms with Gasteiger partial charge in [0, 0.05) is 12.6 Å². The van der Waals surface area contributed by atoms with Gasteiger partial charge in [0.05, 0.1) is 29.3 Å². The quantitative estimate of drug-likeness (QED) is 0.892. The first-order chi connectivity index (χ1) is 12.5. The Balaban J connectivity index is 1.79. The van der Waals surface area contributed by atoms with Crippen LogP contribution in [-0.4, -0.2) is 29.9 Å². The van der Waals surface area contributed by atoms with Crippen molar-refractivity contribution in [2.24, 2.45) is 5.73 Å². The minimum Gasteiger partial charge on any atom is -0.466 e. The van der Waals surface area contributed by atoms with Crippen LogP contribution in [0.3, 0.4) is 0 Å². The second-order valence-electron chi connectivity index (χ2n) is 6.01. The van der Waals surface area contributed by atoms with Gasteiger partial charge in [-0.15, -0.1) is 0 Å². The molecule has 2 heterocycles. The minimum absolute atomic E-state index is 0.0235. The van der Waals surface area contributed by atoms with Crippen LogP contribution < -0.4 is 10.5 Å². The Morgan fingerprint density at radius 3 is 2.65 bits per heavy atom. The third-order valence-electron chi connectivity index (χ3n) is 4.50. The third kappa shape index (κ3) is 2.36. The van der Waals surface area contributed by atoms with Crippen LogP contribution in [0.2, 0.25) is 0 Å². The van der Waals surface area contributed by atoms with Crippen LogP contribution in [0, 0.1) is 23.0 Å². The molecule has 2 atom stereocenters. The first-order valence-electron chi connectivity index (χ1n) is 7.89. The van der Waals surface area contributed by atoms with Crippen molar-refractivity contribution in [2.75, 3.05) is 6.54 Å². The van der Waals surface area contributed by atoms with Gasteiger partial charge in [0.2, 0.25) is 6.23 Å². The molecule has 0 bridgehead atoms. The van der Waals surface area contributed by atoms with Crippen LogP contribution in [0.5, 0.6) is 5.75 Å². The molecule has 2 aliphatic rings. The molecule has 8 heteroatoms. The number of amides is 1. The Bertz CT molecular complexity index is 940. The third-order valence-corrected chi connectivity index (χ3v) is 4.50. The van der Waals surface area contributed by atoms with E-state index >= 15 is 4.39 Å². The molecule has 0 saturated carbocycles. The second-order valence-corrected chi connectivity index (χ2v) is 6.01. The normalized spacial score (nSPS) is 20.7. The molecule has 0 unspecified atom stereocenters. The maximum atomic E-state index is 15.1. The average Bonchev–Trinajstić information content (AvgIpc) is 2.96. The van der Waals surface area contributed by atoms with Crippen molar-refractivity contribution in [3.8, 4) is 22.9 Å². The number of benzene rings is 2. The summed E-state index contributed by atoms with van der Waals surface area (Å²) in [6, 6.07) is 8.93. The second kappa shape index (κ2) is 5.97. The predicted molar refractivity (Wildman–Crippen MR) is 85.8 cm³/mol. The van der Waals surface area contributed by atoms with Crippen LogP contribution >= 0.6 is 0 Å². The summed E-state index contributed by atoms with van der Waals surface area (Å²) in [6.45, 7) is -0.0682. The summed E-state index contributed by atoms with van der Waals surface area (Å²) in [6.07, 6.45) is -2.15. The zero-order valence-electron chi connectivity index (χ0n) is 13.4. The van der Waals surface area contributed by atoms with E-state index in [9.17, 15) is 9.18 Å². The van der Waals surface area contributed by atoms with Gasteiger partial charge in [-0.05, 0) is 17.7 Å². The molecule has 1 amide bonds. The van der Waals surface area contributed by atoms with E-state index in [1.54, 1.807) is 0 Å². The summed E-state index contributed by atoms with van der Waals surface area (Å²) in [5.74, 6) is -1.59. The molecular formula is C18H13F2N3O3. The van der Waals surface area contributed by atoms with Gasteiger partial charge in [0.15, 0.2) is 6.10 Å². The largest absolute Gasteiger partial charge is 0.466 e. The lowest BCUT2D eigenvalue weighted by Crippen LogP contribution is -2.46. The standard InChI is InChI=1S/C18H13F2N3O3/c19-12-5-13-11(8-23-17(25-13)14(7-22)26-18(23)24)16(20)15(12)10-3-1-9(6-21)2-4-10/h1-5,14,17H,7-8,22H2/t14-,17-/m0/s1. The number of cyclic esters (lactones) is 1. The highest BCUT2D eigenvalue weighted by atomic mass is 19.1. The topological polar surface area (TPSA) is 88.6 Å². The van der Waals surface area contributed by atoms with Gasteiger partial charge in [-0.25, -0.2) is 13.6 Å². The fraction of sp³-hybridized carbons (Fsp3) is 0.222. The van der Waals surface area contributed by atoms with Crippen LogP contribution in [0.25, 0.3) is 11.1 Å². The number of hydrogen-bond acceptors (Lipinski definition) is 5.